The minimum atomic E-state index is 0.702. The van der Waals surface area contributed by atoms with Crippen LogP contribution in [0.5, 0.6) is 0 Å². The molecule has 0 saturated heterocycles. The van der Waals surface area contributed by atoms with Crippen molar-refractivity contribution in [1.82, 2.24) is 19.7 Å². The zero-order valence-corrected chi connectivity index (χ0v) is 16.0. The molecule has 136 valence electrons. The third-order valence-electron chi connectivity index (χ3n) is 4.75. The van der Waals surface area contributed by atoms with E-state index in [0.29, 0.717) is 5.16 Å². The van der Waals surface area contributed by atoms with Crippen molar-refractivity contribution in [3.05, 3.63) is 96.1 Å². The molecule has 0 N–H and O–H groups in total. The fraction of sp³-hybridized carbons (Fsp3) is 0.0870. The van der Waals surface area contributed by atoms with Gasteiger partial charge in [-0.1, -0.05) is 90.6 Å². The molecule has 0 aliphatic heterocycles. The molecule has 5 rings (SSSR count). The maximum Gasteiger partial charge on any atom is 0.211 e. The van der Waals surface area contributed by atoms with Crippen LogP contribution in [0.4, 0.5) is 0 Å². The molecule has 0 atom stereocenters. The van der Waals surface area contributed by atoms with Crippen LogP contribution < -0.4 is 0 Å². The van der Waals surface area contributed by atoms with Gasteiger partial charge in [0.05, 0.1) is 5.52 Å². The first-order valence-electron chi connectivity index (χ1n) is 9.21. The minimum Gasteiger partial charge on any atom is -0.319 e. The van der Waals surface area contributed by atoms with E-state index in [4.69, 9.17) is 4.98 Å². The quantitative estimate of drug-likeness (QED) is 0.386. The molecule has 5 heteroatoms. The highest BCUT2D eigenvalue weighted by atomic mass is 32.2. The summed E-state index contributed by atoms with van der Waals surface area (Å²) in [6, 6.07) is 29.1. The number of nitrogens with zero attached hydrogens (tertiary/aromatic N) is 4. The Morgan fingerprint density at radius 3 is 2.18 bits per heavy atom. The molecule has 0 unspecified atom stereocenters. The Morgan fingerprint density at radius 1 is 0.714 bits per heavy atom. The number of aromatic nitrogens is 4. The SMILES string of the molecule is c1ccc(CSc2nnc3c4ccccc4n(Cc4ccccc4)c3n2)cc1. The summed E-state index contributed by atoms with van der Waals surface area (Å²) in [4.78, 5) is 4.88. The summed E-state index contributed by atoms with van der Waals surface area (Å²) >= 11 is 1.62. The zero-order chi connectivity index (χ0) is 18.8. The molecular weight excluding hydrogens is 364 g/mol. The molecule has 0 radical (unpaired) electrons. The van der Waals surface area contributed by atoms with Gasteiger partial charge >= 0.3 is 0 Å². The lowest BCUT2D eigenvalue weighted by Gasteiger charge is -2.07. The van der Waals surface area contributed by atoms with Crippen molar-refractivity contribution in [2.45, 2.75) is 17.5 Å². The maximum atomic E-state index is 4.88. The number of benzene rings is 3. The molecule has 0 spiro atoms. The predicted molar refractivity (Wildman–Crippen MR) is 114 cm³/mol. The van der Waals surface area contributed by atoms with Gasteiger partial charge in [-0.05, 0) is 17.2 Å². The van der Waals surface area contributed by atoms with Gasteiger partial charge in [0.15, 0.2) is 5.65 Å². The second-order valence-corrected chi connectivity index (χ2v) is 7.57. The van der Waals surface area contributed by atoms with Crippen LogP contribution in [0.3, 0.4) is 0 Å². The van der Waals surface area contributed by atoms with E-state index < -0.39 is 0 Å². The Balaban J connectivity index is 1.57. The Kier molecular flexibility index (Phi) is 4.51. The van der Waals surface area contributed by atoms with Crippen molar-refractivity contribution in [3.63, 3.8) is 0 Å². The van der Waals surface area contributed by atoms with Gasteiger partial charge in [0.25, 0.3) is 0 Å². The average molecular weight is 382 g/mol. The summed E-state index contributed by atoms with van der Waals surface area (Å²) in [5.41, 5.74) is 5.36. The van der Waals surface area contributed by atoms with Gasteiger partial charge in [0.1, 0.15) is 5.52 Å². The lowest BCUT2D eigenvalue weighted by Crippen LogP contribution is -2.02. The summed E-state index contributed by atoms with van der Waals surface area (Å²) in [6.45, 7) is 0.756. The predicted octanol–water partition coefficient (Wildman–Crippen LogP) is 5.32. The maximum absolute atomic E-state index is 4.88. The molecular formula is C23H18N4S. The van der Waals surface area contributed by atoms with Crippen molar-refractivity contribution >= 4 is 33.8 Å². The molecule has 2 heterocycles. The summed E-state index contributed by atoms with van der Waals surface area (Å²) < 4.78 is 2.24. The molecule has 5 aromatic rings. The first-order valence-corrected chi connectivity index (χ1v) is 10.2. The largest absolute Gasteiger partial charge is 0.319 e. The van der Waals surface area contributed by atoms with E-state index >= 15 is 0 Å². The van der Waals surface area contributed by atoms with Crippen molar-refractivity contribution in [1.29, 1.82) is 0 Å². The fourth-order valence-corrected chi connectivity index (χ4v) is 4.14. The second-order valence-electron chi connectivity index (χ2n) is 6.63. The zero-order valence-electron chi connectivity index (χ0n) is 15.2. The third-order valence-corrected chi connectivity index (χ3v) is 5.66. The van der Waals surface area contributed by atoms with E-state index in [1.807, 2.05) is 18.2 Å². The topological polar surface area (TPSA) is 43.6 Å². The monoisotopic (exact) mass is 382 g/mol. The lowest BCUT2D eigenvalue weighted by atomic mass is 10.2. The third kappa shape index (κ3) is 3.25. The standard InChI is InChI=1S/C23H18N4S/c1-3-9-17(10-4-1)15-27-20-14-8-7-13-19(20)21-22(27)24-23(26-25-21)28-16-18-11-5-2-6-12-18/h1-14H,15-16H2. The fourth-order valence-electron chi connectivity index (χ4n) is 3.40. The van der Waals surface area contributed by atoms with Gasteiger partial charge < -0.3 is 4.57 Å². The second kappa shape index (κ2) is 7.44. The number of para-hydroxylation sites is 1. The average Bonchev–Trinajstić information content (AvgIpc) is 3.07. The van der Waals surface area contributed by atoms with Crippen LogP contribution >= 0.6 is 11.8 Å². The molecule has 0 aliphatic carbocycles. The number of hydrogen-bond acceptors (Lipinski definition) is 4. The van der Waals surface area contributed by atoms with Crippen molar-refractivity contribution < 1.29 is 0 Å². The van der Waals surface area contributed by atoms with Crippen LogP contribution in [0.1, 0.15) is 11.1 Å². The van der Waals surface area contributed by atoms with Crippen LogP contribution in [0.2, 0.25) is 0 Å². The smallest absolute Gasteiger partial charge is 0.211 e. The van der Waals surface area contributed by atoms with Crippen LogP contribution in [-0.4, -0.2) is 19.7 Å². The molecule has 0 amide bonds. The Morgan fingerprint density at radius 2 is 1.39 bits per heavy atom. The van der Waals surface area contributed by atoms with Gasteiger partial charge in [-0.3, -0.25) is 0 Å². The molecule has 28 heavy (non-hydrogen) atoms. The number of fused-ring (bicyclic) bond motifs is 3. The summed E-state index contributed by atoms with van der Waals surface area (Å²) in [6.07, 6.45) is 0. The highest BCUT2D eigenvalue weighted by Gasteiger charge is 2.15. The van der Waals surface area contributed by atoms with Crippen LogP contribution in [0.15, 0.2) is 90.1 Å². The highest BCUT2D eigenvalue weighted by molar-refractivity contribution is 7.98. The first kappa shape index (κ1) is 17.0. The molecule has 0 saturated carbocycles. The Labute approximate surface area is 167 Å². The number of thioether (sulfide) groups is 1. The minimum absolute atomic E-state index is 0.702. The van der Waals surface area contributed by atoms with Gasteiger partial charge in [0, 0.05) is 17.7 Å². The van der Waals surface area contributed by atoms with Gasteiger partial charge in [0.2, 0.25) is 5.16 Å². The van der Waals surface area contributed by atoms with E-state index in [1.165, 1.54) is 11.1 Å². The van der Waals surface area contributed by atoms with Crippen LogP contribution in [0, 0.1) is 0 Å². The molecule has 0 bridgehead atoms. The molecule has 3 aromatic carbocycles. The summed E-state index contributed by atoms with van der Waals surface area (Å²) in [5, 5.41) is 10.7. The Hall–Kier alpha value is -3.18. The molecule has 0 aliphatic rings. The summed E-state index contributed by atoms with van der Waals surface area (Å²) in [5.74, 6) is 0.826. The number of hydrogen-bond donors (Lipinski definition) is 0. The van der Waals surface area contributed by atoms with Crippen molar-refractivity contribution in [3.8, 4) is 0 Å². The van der Waals surface area contributed by atoms with Crippen molar-refractivity contribution in [2.24, 2.45) is 0 Å². The number of rotatable bonds is 5. The van der Waals surface area contributed by atoms with Gasteiger partial charge in [-0.25, -0.2) is 4.98 Å². The molecule has 2 aromatic heterocycles. The van der Waals surface area contributed by atoms with E-state index in [2.05, 4.69) is 81.5 Å². The molecule has 0 fully saturated rings. The van der Waals surface area contributed by atoms with E-state index in [9.17, 15) is 0 Å². The highest BCUT2D eigenvalue weighted by Crippen LogP contribution is 2.28. The van der Waals surface area contributed by atoms with Crippen LogP contribution in [0.25, 0.3) is 22.1 Å². The van der Waals surface area contributed by atoms with Gasteiger partial charge in [-0.2, -0.15) is 0 Å². The van der Waals surface area contributed by atoms with E-state index in [0.717, 1.165) is 34.4 Å². The van der Waals surface area contributed by atoms with Gasteiger partial charge in [-0.15, -0.1) is 10.2 Å². The van der Waals surface area contributed by atoms with Crippen LogP contribution in [-0.2, 0) is 12.3 Å². The Bertz CT molecular complexity index is 1230. The van der Waals surface area contributed by atoms with Crippen molar-refractivity contribution in [2.75, 3.05) is 0 Å². The lowest BCUT2D eigenvalue weighted by molar-refractivity contribution is 0.814. The first-order chi connectivity index (χ1) is 13.9. The normalized spacial score (nSPS) is 11.3. The summed E-state index contributed by atoms with van der Waals surface area (Å²) in [7, 11) is 0. The van der Waals surface area contributed by atoms with E-state index in [-0.39, 0.29) is 0 Å². The molecule has 4 nitrogen and oxygen atoms in total. The van der Waals surface area contributed by atoms with E-state index in [1.54, 1.807) is 11.8 Å².